The molecule has 0 aliphatic rings. The van der Waals surface area contributed by atoms with E-state index >= 15 is 0 Å². The van der Waals surface area contributed by atoms with Gasteiger partial charge in [-0.25, -0.2) is 0 Å². The van der Waals surface area contributed by atoms with E-state index < -0.39 is 0 Å². The average molecular weight is 272 g/mol. The van der Waals surface area contributed by atoms with E-state index in [0.717, 1.165) is 39.3 Å². The summed E-state index contributed by atoms with van der Waals surface area (Å²) in [6, 6.07) is 0.0867. The van der Waals surface area contributed by atoms with Crippen LogP contribution in [0.25, 0.3) is 0 Å². The molecule has 0 aromatic rings. The fourth-order valence-corrected chi connectivity index (χ4v) is 2.12. The van der Waals surface area contributed by atoms with Crippen LogP contribution in [-0.4, -0.2) is 67.6 Å². The lowest BCUT2D eigenvalue weighted by atomic mass is 10.2. The monoisotopic (exact) mass is 272 g/mol. The van der Waals surface area contributed by atoms with Crippen LogP contribution in [0, 0.1) is 0 Å². The molecule has 3 N–H and O–H groups in total. The number of hydrogen-bond acceptors (Lipinski definition) is 4. The summed E-state index contributed by atoms with van der Waals surface area (Å²) in [6.07, 6.45) is 0.496. The number of carbonyl (C=O) groups excluding carboxylic acids is 1. The summed E-state index contributed by atoms with van der Waals surface area (Å²) in [4.78, 5) is 16.2. The minimum Gasteiger partial charge on any atom is -0.343 e. The van der Waals surface area contributed by atoms with Crippen molar-refractivity contribution in [2.24, 2.45) is 5.73 Å². The molecule has 114 valence electrons. The molecule has 0 heterocycles. The first kappa shape index (κ1) is 18.4. The molecule has 1 amide bonds. The van der Waals surface area contributed by atoms with E-state index in [1.54, 1.807) is 0 Å². The van der Waals surface area contributed by atoms with E-state index in [9.17, 15) is 4.79 Å². The van der Waals surface area contributed by atoms with Crippen LogP contribution in [0.5, 0.6) is 0 Å². The highest BCUT2D eigenvalue weighted by Crippen LogP contribution is 1.98. The van der Waals surface area contributed by atoms with Crippen molar-refractivity contribution in [3.05, 3.63) is 0 Å². The number of nitrogens with two attached hydrogens (primary N) is 1. The number of hydrogen-bond donors (Lipinski definition) is 2. The van der Waals surface area contributed by atoms with Gasteiger partial charge in [-0.05, 0) is 26.9 Å². The molecule has 5 heteroatoms. The first-order valence-electron chi connectivity index (χ1n) is 7.56. The highest BCUT2D eigenvalue weighted by Gasteiger charge is 2.15. The zero-order valence-corrected chi connectivity index (χ0v) is 13.1. The van der Waals surface area contributed by atoms with E-state index in [-0.39, 0.29) is 11.9 Å². The molecule has 0 spiro atoms. The van der Waals surface area contributed by atoms with Crippen LogP contribution in [0.2, 0.25) is 0 Å². The zero-order chi connectivity index (χ0) is 14.7. The second-order valence-electron chi connectivity index (χ2n) is 4.68. The first-order chi connectivity index (χ1) is 9.12. The zero-order valence-electron chi connectivity index (χ0n) is 13.1. The SMILES string of the molecule is CCN(CC)CCNC(CN)CC(=O)N(CC)CC. The number of nitrogens with one attached hydrogen (secondary N) is 1. The van der Waals surface area contributed by atoms with Crippen molar-refractivity contribution in [1.29, 1.82) is 0 Å². The van der Waals surface area contributed by atoms with Gasteiger partial charge in [-0.3, -0.25) is 4.79 Å². The topological polar surface area (TPSA) is 61.6 Å². The van der Waals surface area contributed by atoms with Gasteiger partial charge in [0, 0.05) is 45.2 Å². The Morgan fingerprint density at radius 2 is 1.68 bits per heavy atom. The Kier molecular flexibility index (Phi) is 10.8. The highest BCUT2D eigenvalue weighted by molar-refractivity contribution is 5.76. The summed E-state index contributed by atoms with van der Waals surface area (Å²) in [5.41, 5.74) is 5.74. The standard InChI is InChI=1S/C14H32N4O/c1-5-17(6-2)10-9-16-13(12-15)11-14(19)18(7-3)8-4/h13,16H,5-12,15H2,1-4H3. The van der Waals surface area contributed by atoms with Crippen LogP contribution in [0.4, 0.5) is 0 Å². The molecule has 19 heavy (non-hydrogen) atoms. The Bertz CT molecular complexity index is 227. The molecule has 0 fully saturated rings. The maximum Gasteiger partial charge on any atom is 0.224 e. The second kappa shape index (κ2) is 11.2. The van der Waals surface area contributed by atoms with Crippen molar-refractivity contribution in [3.8, 4) is 0 Å². The van der Waals surface area contributed by atoms with E-state index in [1.807, 2.05) is 18.7 Å². The minimum absolute atomic E-state index is 0.0867. The van der Waals surface area contributed by atoms with Gasteiger partial charge in [0.25, 0.3) is 0 Å². The van der Waals surface area contributed by atoms with Gasteiger partial charge in [-0.1, -0.05) is 13.8 Å². The minimum atomic E-state index is 0.0867. The average Bonchev–Trinajstić information content (AvgIpc) is 2.43. The van der Waals surface area contributed by atoms with Crippen LogP contribution in [0.3, 0.4) is 0 Å². The lowest BCUT2D eigenvalue weighted by molar-refractivity contribution is -0.131. The van der Waals surface area contributed by atoms with Crippen LogP contribution in [-0.2, 0) is 4.79 Å². The molecule has 1 atom stereocenters. The van der Waals surface area contributed by atoms with Gasteiger partial charge < -0.3 is 20.9 Å². The first-order valence-corrected chi connectivity index (χ1v) is 7.56. The van der Waals surface area contributed by atoms with Gasteiger partial charge in [0.15, 0.2) is 0 Å². The number of nitrogens with zero attached hydrogens (tertiary/aromatic N) is 2. The molecular formula is C14H32N4O. The molecule has 0 radical (unpaired) electrons. The van der Waals surface area contributed by atoms with Crippen LogP contribution >= 0.6 is 0 Å². The maximum absolute atomic E-state index is 12.0. The third-order valence-electron chi connectivity index (χ3n) is 3.58. The van der Waals surface area contributed by atoms with E-state index in [0.29, 0.717) is 13.0 Å². The summed E-state index contributed by atoms with van der Waals surface area (Å²) < 4.78 is 0. The Hall–Kier alpha value is -0.650. The molecule has 0 saturated heterocycles. The Morgan fingerprint density at radius 1 is 1.11 bits per heavy atom. The summed E-state index contributed by atoms with van der Waals surface area (Å²) in [7, 11) is 0. The smallest absolute Gasteiger partial charge is 0.224 e. The number of carbonyl (C=O) groups is 1. The van der Waals surface area contributed by atoms with Gasteiger partial charge in [-0.15, -0.1) is 0 Å². The highest BCUT2D eigenvalue weighted by atomic mass is 16.2. The van der Waals surface area contributed by atoms with Crippen molar-refractivity contribution >= 4 is 5.91 Å². The van der Waals surface area contributed by atoms with E-state index in [4.69, 9.17) is 5.73 Å². The number of rotatable bonds is 11. The Labute approximate surface area is 118 Å². The molecule has 0 rings (SSSR count). The van der Waals surface area contributed by atoms with Gasteiger partial charge in [0.1, 0.15) is 0 Å². The molecule has 0 aromatic carbocycles. The fourth-order valence-electron chi connectivity index (χ4n) is 2.12. The van der Waals surface area contributed by atoms with Crippen LogP contribution in [0.15, 0.2) is 0 Å². The van der Waals surface area contributed by atoms with Crippen molar-refractivity contribution in [1.82, 2.24) is 15.1 Å². The van der Waals surface area contributed by atoms with Crippen molar-refractivity contribution < 1.29 is 4.79 Å². The third kappa shape index (κ3) is 7.50. The van der Waals surface area contributed by atoms with Crippen LogP contribution in [0.1, 0.15) is 34.1 Å². The van der Waals surface area contributed by atoms with E-state index in [2.05, 4.69) is 24.1 Å². The lowest BCUT2D eigenvalue weighted by Gasteiger charge is -2.24. The predicted octanol–water partition coefficient (Wildman–Crippen LogP) is 0.504. The van der Waals surface area contributed by atoms with Gasteiger partial charge in [-0.2, -0.15) is 0 Å². The summed E-state index contributed by atoms with van der Waals surface area (Å²) in [5, 5.41) is 3.39. The van der Waals surface area contributed by atoms with Crippen LogP contribution < -0.4 is 11.1 Å². The largest absolute Gasteiger partial charge is 0.343 e. The van der Waals surface area contributed by atoms with Gasteiger partial charge >= 0.3 is 0 Å². The third-order valence-corrected chi connectivity index (χ3v) is 3.58. The molecule has 1 unspecified atom stereocenters. The maximum atomic E-state index is 12.0. The molecule has 5 nitrogen and oxygen atoms in total. The predicted molar refractivity (Wildman–Crippen MR) is 81.2 cm³/mol. The molecule has 0 aliphatic carbocycles. The molecule has 0 aliphatic heterocycles. The Balaban J connectivity index is 4.04. The number of likely N-dealkylation sites (N-methyl/N-ethyl adjacent to an activating group) is 1. The van der Waals surface area contributed by atoms with E-state index in [1.165, 1.54) is 0 Å². The van der Waals surface area contributed by atoms with Crippen molar-refractivity contribution in [3.63, 3.8) is 0 Å². The molecule has 0 aromatic heterocycles. The molecular weight excluding hydrogens is 240 g/mol. The quantitative estimate of drug-likeness (QED) is 0.575. The molecule has 0 bridgehead atoms. The lowest BCUT2D eigenvalue weighted by Crippen LogP contribution is -2.44. The summed E-state index contributed by atoms with van der Waals surface area (Å²) in [6.45, 7) is 14.4. The van der Waals surface area contributed by atoms with Gasteiger partial charge in [0.05, 0.1) is 0 Å². The fraction of sp³-hybridized carbons (Fsp3) is 0.929. The van der Waals surface area contributed by atoms with Crippen molar-refractivity contribution in [2.45, 2.75) is 40.2 Å². The van der Waals surface area contributed by atoms with Crippen molar-refractivity contribution in [2.75, 3.05) is 45.8 Å². The number of amides is 1. The Morgan fingerprint density at radius 3 is 2.11 bits per heavy atom. The van der Waals surface area contributed by atoms with Gasteiger partial charge in [0.2, 0.25) is 5.91 Å². The summed E-state index contributed by atoms with van der Waals surface area (Å²) >= 11 is 0. The summed E-state index contributed by atoms with van der Waals surface area (Å²) in [5.74, 6) is 0.191. The molecule has 0 saturated carbocycles. The normalized spacial score (nSPS) is 12.7. The second-order valence-corrected chi connectivity index (χ2v) is 4.68.